The van der Waals surface area contributed by atoms with Crippen molar-refractivity contribution in [2.24, 2.45) is 0 Å². The lowest BCUT2D eigenvalue weighted by atomic mass is 9.68. The molecule has 0 saturated carbocycles. The summed E-state index contributed by atoms with van der Waals surface area (Å²) in [5.74, 6) is 0. The Bertz CT molecular complexity index is 1770. The lowest BCUT2D eigenvalue weighted by molar-refractivity contribution is 0.794. The SMILES string of the molecule is Cc1cccc2c1C1(c3ccccc3-2)c2ccccc2-c2ccc3sc4ccccc4c3c21. The van der Waals surface area contributed by atoms with E-state index < -0.39 is 0 Å². The lowest BCUT2D eigenvalue weighted by Gasteiger charge is -2.32. The highest BCUT2D eigenvalue weighted by Crippen LogP contribution is 2.65. The average molecular weight is 437 g/mol. The van der Waals surface area contributed by atoms with Crippen molar-refractivity contribution in [3.8, 4) is 22.3 Å². The fraction of sp³-hybridized carbons (Fsp3) is 0.0625. The first-order chi connectivity index (χ1) is 16.3. The van der Waals surface area contributed by atoms with E-state index in [-0.39, 0.29) is 5.41 Å². The van der Waals surface area contributed by atoms with Gasteiger partial charge < -0.3 is 0 Å². The van der Waals surface area contributed by atoms with E-state index in [2.05, 4.69) is 110 Å². The van der Waals surface area contributed by atoms with Gasteiger partial charge in [-0.2, -0.15) is 0 Å². The van der Waals surface area contributed by atoms with E-state index in [1.54, 1.807) is 0 Å². The topological polar surface area (TPSA) is 0 Å². The summed E-state index contributed by atoms with van der Waals surface area (Å²) in [7, 11) is 0. The first-order valence-corrected chi connectivity index (χ1v) is 12.4. The van der Waals surface area contributed by atoms with Gasteiger partial charge in [0.2, 0.25) is 0 Å². The monoisotopic (exact) mass is 436 g/mol. The molecule has 1 atom stereocenters. The lowest BCUT2D eigenvalue weighted by Crippen LogP contribution is -2.27. The van der Waals surface area contributed by atoms with Gasteiger partial charge in [0.25, 0.3) is 0 Å². The maximum atomic E-state index is 2.37. The second-order valence-corrected chi connectivity index (χ2v) is 10.4. The molecule has 0 fully saturated rings. The molecule has 0 radical (unpaired) electrons. The van der Waals surface area contributed by atoms with Crippen LogP contribution < -0.4 is 0 Å². The van der Waals surface area contributed by atoms with E-state index in [1.165, 1.54) is 70.2 Å². The van der Waals surface area contributed by atoms with E-state index in [0.717, 1.165) is 0 Å². The first kappa shape index (κ1) is 17.8. The number of hydrogen-bond donors (Lipinski definition) is 0. The molecular formula is C32H20S. The molecule has 0 nitrogen and oxygen atoms in total. The van der Waals surface area contributed by atoms with Crippen LogP contribution in [0.5, 0.6) is 0 Å². The van der Waals surface area contributed by atoms with E-state index in [9.17, 15) is 0 Å². The summed E-state index contributed by atoms with van der Waals surface area (Å²) in [5, 5.41) is 2.80. The summed E-state index contributed by atoms with van der Waals surface area (Å²) >= 11 is 1.92. The maximum absolute atomic E-state index is 2.37. The minimum absolute atomic E-state index is 0.285. The third kappa shape index (κ3) is 1.95. The fourth-order valence-corrected chi connectivity index (χ4v) is 7.83. The number of fused-ring (bicyclic) bond motifs is 14. The molecule has 2 aliphatic carbocycles. The second-order valence-electron chi connectivity index (χ2n) is 9.30. The summed E-state index contributed by atoms with van der Waals surface area (Å²) in [5.41, 5.74) is 12.4. The smallest absolute Gasteiger partial charge is 0.0734 e. The first-order valence-electron chi connectivity index (χ1n) is 11.5. The van der Waals surface area contributed by atoms with E-state index in [4.69, 9.17) is 0 Å². The van der Waals surface area contributed by atoms with Gasteiger partial charge in [0.05, 0.1) is 5.41 Å². The van der Waals surface area contributed by atoms with Gasteiger partial charge in [0, 0.05) is 20.2 Å². The summed E-state index contributed by atoms with van der Waals surface area (Å²) in [6, 6.07) is 38.7. The standard InChI is InChI=1S/C32H20S/c1-19-9-8-13-22-20-10-2-5-14-25(20)32(30(19)22)26-15-6-3-11-21(26)23-17-18-28-29(31(23)32)24-12-4-7-16-27(24)33-28/h2-18H,1H3. The van der Waals surface area contributed by atoms with Crippen molar-refractivity contribution in [3.63, 3.8) is 0 Å². The van der Waals surface area contributed by atoms with Crippen molar-refractivity contribution in [2.45, 2.75) is 12.3 Å². The molecule has 6 aromatic rings. The quantitative estimate of drug-likeness (QED) is 0.223. The van der Waals surface area contributed by atoms with Gasteiger partial charge in [-0.25, -0.2) is 0 Å². The predicted octanol–water partition coefficient (Wildman–Crippen LogP) is 8.71. The molecule has 0 amide bonds. The molecule has 1 spiro atoms. The zero-order valence-electron chi connectivity index (χ0n) is 18.2. The van der Waals surface area contributed by atoms with Crippen LogP contribution in [0.25, 0.3) is 42.4 Å². The van der Waals surface area contributed by atoms with Gasteiger partial charge in [-0.3, -0.25) is 0 Å². The maximum Gasteiger partial charge on any atom is 0.0734 e. The predicted molar refractivity (Wildman–Crippen MR) is 140 cm³/mol. The molecule has 1 heterocycles. The van der Waals surface area contributed by atoms with Gasteiger partial charge >= 0.3 is 0 Å². The summed E-state index contributed by atoms with van der Waals surface area (Å²) in [4.78, 5) is 0. The molecule has 0 aliphatic heterocycles. The van der Waals surface area contributed by atoms with Crippen molar-refractivity contribution >= 4 is 31.5 Å². The van der Waals surface area contributed by atoms with E-state index in [0.29, 0.717) is 0 Å². The number of aryl methyl sites for hydroxylation is 1. The Kier molecular flexibility index (Phi) is 3.24. The molecular weight excluding hydrogens is 416 g/mol. The van der Waals surface area contributed by atoms with Crippen LogP contribution in [-0.4, -0.2) is 0 Å². The number of hydrogen-bond acceptors (Lipinski definition) is 1. The normalized spacial score (nSPS) is 17.4. The Morgan fingerprint density at radius 3 is 1.94 bits per heavy atom. The van der Waals surface area contributed by atoms with Crippen LogP contribution >= 0.6 is 11.3 Å². The summed E-state index contributed by atoms with van der Waals surface area (Å²) in [6.07, 6.45) is 0. The summed E-state index contributed by atoms with van der Waals surface area (Å²) in [6.45, 7) is 2.29. The van der Waals surface area contributed by atoms with Gasteiger partial charge in [0.1, 0.15) is 0 Å². The highest BCUT2D eigenvalue weighted by Gasteiger charge is 2.53. The molecule has 1 heteroatoms. The van der Waals surface area contributed by atoms with Crippen LogP contribution in [0.4, 0.5) is 0 Å². The molecule has 154 valence electrons. The minimum atomic E-state index is -0.285. The van der Waals surface area contributed by atoms with Crippen molar-refractivity contribution in [1.82, 2.24) is 0 Å². The zero-order chi connectivity index (χ0) is 21.7. The van der Waals surface area contributed by atoms with E-state index in [1.807, 2.05) is 11.3 Å². The summed E-state index contributed by atoms with van der Waals surface area (Å²) < 4.78 is 2.74. The van der Waals surface area contributed by atoms with Crippen molar-refractivity contribution in [3.05, 3.63) is 131 Å². The average Bonchev–Trinajstić information content (AvgIpc) is 3.48. The zero-order valence-corrected chi connectivity index (χ0v) is 19.0. The van der Waals surface area contributed by atoms with Gasteiger partial charge in [-0.1, -0.05) is 91.0 Å². The van der Waals surface area contributed by atoms with Crippen LogP contribution in [0.3, 0.4) is 0 Å². The molecule has 1 aromatic heterocycles. The Balaban J connectivity index is 1.70. The Morgan fingerprint density at radius 1 is 0.515 bits per heavy atom. The molecule has 33 heavy (non-hydrogen) atoms. The van der Waals surface area contributed by atoms with Crippen LogP contribution in [0.2, 0.25) is 0 Å². The number of thiophene rings is 1. The molecule has 8 rings (SSSR count). The van der Waals surface area contributed by atoms with Crippen LogP contribution in [0.15, 0.2) is 103 Å². The number of benzene rings is 5. The Labute approximate surface area is 196 Å². The third-order valence-electron chi connectivity index (χ3n) is 7.81. The second kappa shape index (κ2) is 6.01. The molecule has 1 unspecified atom stereocenters. The highest BCUT2D eigenvalue weighted by molar-refractivity contribution is 7.25. The van der Waals surface area contributed by atoms with Crippen LogP contribution in [-0.2, 0) is 5.41 Å². The van der Waals surface area contributed by atoms with Crippen molar-refractivity contribution in [1.29, 1.82) is 0 Å². The Hall–Kier alpha value is -3.68. The molecule has 0 bridgehead atoms. The molecule has 0 N–H and O–H groups in total. The van der Waals surface area contributed by atoms with Crippen molar-refractivity contribution < 1.29 is 0 Å². The van der Waals surface area contributed by atoms with Crippen LogP contribution in [0, 0.1) is 6.92 Å². The van der Waals surface area contributed by atoms with Gasteiger partial charge in [-0.15, -0.1) is 11.3 Å². The molecule has 2 aliphatic rings. The fourth-order valence-electron chi connectivity index (χ4n) is 6.72. The van der Waals surface area contributed by atoms with Gasteiger partial charge in [-0.05, 0) is 69.1 Å². The Morgan fingerprint density at radius 2 is 1.15 bits per heavy atom. The van der Waals surface area contributed by atoms with Crippen molar-refractivity contribution in [2.75, 3.05) is 0 Å². The largest absolute Gasteiger partial charge is 0.135 e. The number of rotatable bonds is 0. The van der Waals surface area contributed by atoms with E-state index >= 15 is 0 Å². The van der Waals surface area contributed by atoms with Gasteiger partial charge in [0.15, 0.2) is 0 Å². The third-order valence-corrected chi connectivity index (χ3v) is 8.94. The van der Waals surface area contributed by atoms with Crippen LogP contribution in [0.1, 0.15) is 27.8 Å². The highest BCUT2D eigenvalue weighted by atomic mass is 32.1. The minimum Gasteiger partial charge on any atom is -0.135 e. The molecule has 5 aromatic carbocycles. The molecule has 0 saturated heterocycles.